The molecule has 1 unspecified atom stereocenters. The van der Waals surface area contributed by atoms with Crippen molar-refractivity contribution in [1.29, 1.82) is 0 Å². The van der Waals surface area contributed by atoms with E-state index in [4.69, 9.17) is 9.47 Å². The summed E-state index contributed by atoms with van der Waals surface area (Å²) in [7, 11) is 0. The molecule has 0 saturated heterocycles. The van der Waals surface area contributed by atoms with Gasteiger partial charge in [0.1, 0.15) is 5.60 Å². The second-order valence-electron chi connectivity index (χ2n) is 7.02. The van der Waals surface area contributed by atoms with E-state index in [9.17, 15) is 13.6 Å². The first-order valence-corrected chi connectivity index (χ1v) is 9.08. The highest BCUT2D eigenvalue weighted by molar-refractivity contribution is 6.00. The van der Waals surface area contributed by atoms with Gasteiger partial charge in [-0.3, -0.25) is 4.79 Å². The summed E-state index contributed by atoms with van der Waals surface area (Å²) in [6, 6.07) is 12.6. The van der Waals surface area contributed by atoms with E-state index in [1.165, 1.54) is 6.07 Å². The van der Waals surface area contributed by atoms with Gasteiger partial charge < -0.3 is 19.5 Å². The van der Waals surface area contributed by atoms with Gasteiger partial charge in [-0.1, -0.05) is 43.3 Å². The summed E-state index contributed by atoms with van der Waals surface area (Å²) in [5.74, 6) is -0.416. The number of rotatable bonds is 7. The first-order chi connectivity index (χ1) is 13.3. The molecule has 1 N–H and O–H groups in total. The first kappa shape index (κ1) is 20.1. The Morgan fingerprint density at radius 3 is 2.54 bits per heavy atom. The number of benzene rings is 2. The van der Waals surface area contributed by atoms with Gasteiger partial charge in [0.25, 0.3) is 5.91 Å². The Morgan fingerprint density at radius 1 is 1.18 bits per heavy atom. The minimum atomic E-state index is -3.00. The van der Waals surface area contributed by atoms with Gasteiger partial charge in [-0.15, -0.1) is 0 Å². The van der Waals surface area contributed by atoms with E-state index in [0.29, 0.717) is 12.1 Å². The lowest BCUT2D eigenvalue weighted by Gasteiger charge is -2.37. The Hall–Kier alpha value is -2.67. The topological polar surface area (TPSA) is 56.8 Å². The number of aryl methyl sites for hydroxylation is 1. The molecule has 1 heterocycles. The highest BCUT2D eigenvalue weighted by Crippen LogP contribution is 2.44. The number of amides is 1. The van der Waals surface area contributed by atoms with Crippen LogP contribution in [-0.2, 0) is 22.6 Å². The lowest BCUT2D eigenvalue weighted by Crippen LogP contribution is -2.52. The standard InChI is InChI=1S/C21H23F2NO4/c1-4-14-10-11-15(27-20(22)23)17-16(14)24-19(25)18(28-17)21(2,3)26-12-13-8-6-5-7-9-13/h5-11,18,20H,4,12H2,1-3H3,(H,24,25). The van der Waals surface area contributed by atoms with Crippen molar-refractivity contribution in [3.05, 3.63) is 53.6 Å². The fourth-order valence-corrected chi connectivity index (χ4v) is 3.08. The number of alkyl halides is 2. The summed E-state index contributed by atoms with van der Waals surface area (Å²) in [6.45, 7) is 2.63. The first-order valence-electron chi connectivity index (χ1n) is 9.08. The minimum absolute atomic E-state index is 0.0978. The fraction of sp³-hybridized carbons (Fsp3) is 0.381. The van der Waals surface area contributed by atoms with Gasteiger partial charge in [0.2, 0.25) is 6.10 Å². The third-order valence-electron chi connectivity index (χ3n) is 4.61. The summed E-state index contributed by atoms with van der Waals surface area (Å²) in [6.07, 6.45) is -0.435. The van der Waals surface area contributed by atoms with Gasteiger partial charge in [0.05, 0.1) is 12.3 Å². The smallest absolute Gasteiger partial charge is 0.387 e. The molecule has 2 aromatic carbocycles. The van der Waals surface area contributed by atoms with E-state index in [1.807, 2.05) is 37.3 Å². The van der Waals surface area contributed by atoms with Crippen LogP contribution in [0.25, 0.3) is 0 Å². The largest absolute Gasteiger partial charge is 0.471 e. The van der Waals surface area contributed by atoms with E-state index < -0.39 is 24.2 Å². The third kappa shape index (κ3) is 4.25. The molecule has 1 aliphatic rings. The zero-order valence-electron chi connectivity index (χ0n) is 16.0. The lowest BCUT2D eigenvalue weighted by molar-refractivity contribution is -0.144. The van der Waals surface area contributed by atoms with Gasteiger partial charge in [0, 0.05) is 0 Å². The minimum Gasteiger partial charge on any atom is -0.471 e. The Labute approximate surface area is 162 Å². The van der Waals surface area contributed by atoms with Crippen LogP contribution in [0.15, 0.2) is 42.5 Å². The molecule has 7 heteroatoms. The maximum atomic E-state index is 12.8. The van der Waals surface area contributed by atoms with Crippen LogP contribution in [0.4, 0.5) is 14.5 Å². The Balaban J connectivity index is 1.86. The summed E-state index contributed by atoms with van der Waals surface area (Å²) in [5.41, 5.74) is 1.07. The number of hydrogen-bond acceptors (Lipinski definition) is 4. The third-order valence-corrected chi connectivity index (χ3v) is 4.61. The number of fused-ring (bicyclic) bond motifs is 1. The predicted octanol–water partition coefficient (Wildman–Crippen LogP) is 4.55. The number of nitrogens with one attached hydrogen (secondary N) is 1. The monoisotopic (exact) mass is 391 g/mol. The normalized spacial score (nSPS) is 16.4. The van der Waals surface area contributed by atoms with Crippen LogP contribution in [-0.4, -0.2) is 24.2 Å². The number of halogens is 2. The van der Waals surface area contributed by atoms with Crippen molar-refractivity contribution in [2.75, 3.05) is 5.32 Å². The summed E-state index contributed by atoms with van der Waals surface area (Å²) >= 11 is 0. The van der Waals surface area contributed by atoms with Crippen molar-refractivity contribution in [1.82, 2.24) is 0 Å². The van der Waals surface area contributed by atoms with Crippen LogP contribution in [0, 0.1) is 0 Å². The molecule has 0 radical (unpaired) electrons. The van der Waals surface area contributed by atoms with E-state index in [-0.39, 0.29) is 18.1 Å². The van der Waals surface area contributed by atoms with Gasteiger partial charge in [-0.2, -0.15) is 8.78 Å². The lowest BCUT2D eigenvalue weighted by atomic mass is 9.97. The molecule has 1 aliphatic heterocycles. The maximum Gasteiger partial charge on any atom is 0.387 e. The molecule has 0 bridgehead atoms. The Kier molecular flexibility index (Phi) is 5.84. The number of anilines is 1. The molecule has 28 heavy (non-hydrogen) atoms. The van der Waals surface area contributed by atoms with Crippen LogP contribution in [0.3, 0.4) is 0 Å². The molecule has 3 rings (SSSR count). The van der Waals surface area contributed by atoms with Crippen molar-refractivity contribution >= 4 is 11.6 Å². The second kappa shape index (κ2) is 8.14. The predicted molar refractivity (Wildman–Crippen MR) is 101 cm³/mol. The van der Waals surface area contributed by atoms with Crippen molar-refractivity contribution in [3.63, 3.8) is 0 Å². The summed E-state index contributed by atoms with van der Waals surface area (Å²) in [4.78, 5) is 12.7. The highest BCUT2D eigenvalue weighted by Gasteiger charge is 2.43. The van der Waals surface area contributed by atoms with Crippen molar-refractivity contribution in [2.24, 2.45) is 0 Å². The molecule has 5 nitrogen and oxygen atoms in total. The van der Waals surface area contributed by atoms with Crippen molar-refractivity contribution in [2.45, 2.75) is 52.1 Å². The van der Waals surface area contributed by atoms with E-state index in [1.54, 1.807) is 19.9 Å². The molecule has 0 aliphatic carbocycles. The summed E-state index contributed by atoms with van der Waals surface area (Å²) < 4.78 is 42.0. The van der Waals surface area contributed by atoms with Gasteiger partial charge in [-0.25, -0.2) is 0 Å². The van der Waals surface area contributed by atoms with Crippen LogP contribution < -0.4 is 14.8 Å². The molecule has 0 spiro atoms. The molecular weight excluding hydrogens is 368 g/mol. The van der Waals surface area contributed by atoms with E-state index in [0.717, 1.165) is 11.1 Å². The Bertz CT molecular complexity index is 840. The zero-order chi connectivity index (χ0) is 20.3. The number of carbonyl (C=O) groups is 1. The van der Waals surface area contributed by atoms with Crippen molar-refractivity contribution < 1.29 is 27.8 Å². The maximum absolute atomic E-state index is 12.8. The molecule has 0 aromatic heterocycles. The average molecular weight is 391 g/mol. The molecule has 1 atom stereocenters. The zero-order valence-corrected chi connectivity index (χ0v) is 16.0. The SMILES string of the molecule is CCc1ccc(OC(F)F)c2c1NC(=O)C(C(C)(C)OCc1ccccc1)O2. The molecule has 2 aromatic rings. The second-order valence-corrected chi connectivity index (χ2v) is 7.02. The van der Waals surface area contributed by atoms with Gasteiger partial charge >= 0.3 is 6.61 Å². The van der Waals surface area contributed by atoms with Gasteiger partial charge in [-0.05, 0) is 37.5 Å². The molecule has 0 saturated carbocycles. The van der Waals surface area contributed by atoms with E-state index in [2.05, 4.69) is 10.1 Å². The van der Waals surface area contributed by atoms with E-state index >= 15 is 0 Å². The van der Waals surface area contributed by atoms with Gasteiger partial charge in [0.15, 0.2) is 11.5 Å². The van der Waals surface area contributed by atoms with Crippen LogP contribution >= 0.6 is 0 Å². The molecular formula is C21H23F2NO4. The van der Waals surface area contributed by atoms with Crippen LogP contribution in [0.5, 0.6) is 11.5 Å². The molecule has 150 valence electrons. The number of hydrogen-bond donors (Lipinski definition) is 1. The Morgan fingerprint density at radius 2 is 1.89 bits per heavy atom. The van der Waals surface area contributed by atoms with Crippen LogP contribution in [0.2, 0.25) is 0 Å². The summed E-state index contributed by atoms with van der Waals surface area (Å²) in [5, 5.41) is 2.78. The molecule has 1 amide bonds. The van der Waals surface area contributed by atoms with Crippen LogP contribution in [0.1, 0.15) is 31.9 Å². The average Bonchev–Trinajstić information content (AvgIpc) is 2.66. The molecule has 0 fully saturated rings. The van der Waals surface area contributed by atoms with Crippen molar-refractivity contribution in [3.8, 4) is 11.5 Å². The highest BCUT2D eigenvalue weighted by atomic mass is 19.3. The quantitative estimate of drug-likeness (QED) is 0.753. The number of carbonyl (C=O) groups excluding carboxylic acids is 1. The fourth-order valence-electron chi connectivity index (χ4n) is 3.08. The number of ether oxygens (including phenoxy) is 3.